The maximum atomic E-state index is 12.7. The number of carbonyl (C=O) groups excluding carboxylic acids is 2. The van der Waals surface area contributed by atoms with E-state index in [0.29, 0.717) is 32.5 Å². The average molecular weight is 460 g/mol. The molecule has 0 aromatic carbocycles. The second kappa shape index (κ2) is 9.92. The van der Waals surface area contributed by atoms with Crippen molar-refractivity contribution in [3.63, 3.8) is 0 Å². The summed E-state index contributed by atoms with van der Waals surface area (Å²) in [5, 5.41) is 10.6. The molecule has 1 amide bonds. The summed E-state index contributed by atoms with van der Waals surface area (Å²) in [7, 11) is 1.66. The van der Waals surface area contributed by atoms with Gasteiger partial charge in [-0.3, -0.25) is 0 Å². The monoisotopic (exact) mass is 459 g/mol. The predicted octanol–water partition coefficient (Wildman–Crippen LogP) is -1.33. The van der Waals surface area contributed by atoms with E-state index in [9.17, 15) is 14.7 Å². The molecule has 9 heteroatoms. The number of hydrogen-bond acceptors (Lipinski definition) is 7. The van der Waals surface area contributed by atoms with Crippen LogP contribution in [0.2, 0.25) is 0 Å². The number of carboxylic acid groups (broad SMARTS) is 1. The van der Waals surface area contributed by atoms with Crippen molar-refractivity contribution in [2.24, 2.45) is 11.8 Å². The molecule has 0 aromatic heterocycles. The van der Waals surface area contributed by atoms with Gasteiger partial charge in [0.25, 0.3) is 0 Å². The van der Waals surface area contributed by atoms with Gasteiger partial charge in [0.05, 0.1) is 18.6 Å². The fourth-order valence-corrected chi connectivity index (χ4v) is 5.50. The first-order chi connectivity index (χ1) is 14.7. The van der Waals surface area contributed by atoms with Gasteiger partial charge in [-0.05, 0) is 58.8 Å². The first-order valence-corrected chi connectivity index (χ1v) is 11.3. The third-order valence-electron chi connectivity index (χ3n) is 7.46. The third-order valence-corrected chi connectivity index (χ3v) is 7.46. The second-order valence-electron chi connectivity index (χ2n) is 9.98. The van der Waals surface area contributed by atoms with Crippen molar-refractivity contribution in [1.82, 2.24) is 4.90 Å². The Kier molecular flexibility index (Phi) is 8.05. The topological polar surface area (TPSA) is 104 Å². The summed E-state index contributed by atoms with van der Waals surface area (Å²) in [6.45, 7) is 8.03. The van der Waals surface area contributed by atoms with Crippen LogP contribution in [0.4, 0.5) is 4.79 Å². The number of methoxy groups -OCH3 is 1. The van der Waals surface area contributed by atoms with Crippen LogP contribution < -0.4 is 34.7 Å². The molecule has 3 heterocycles. The maximum Gasteiger partial charge on any atom is 1.00 e. The van der Waals surface area contributed by atoms with Crippen LogP contribution in [0.3, 0.4) is 0 Å². The Hall–Kier alpha value is -0.640. The molecule has 174 valence electrons. The number of aliphatic carboxylic acids is 1. The molecule has 6 atom stereocenters. The van der Waals surface area contributed by atoms with Crippen molar-refractivity contribution >= 4 is 12.1 Å². The minimum absolute atomic E-state index is 0. The molecule has 0 N–H and O–H groups in total. The zero-order valence-corrected chi connectivity index (χ0v) is 21.9. The Morgan fingerprint density at radius 2 is 1.97 bits per heavy atom. The van der Waals surface area contributed by atoms with E-state index in [0.717, 1.165) is 12.8 Å². The molecular weight excluding hydrogens is 425 g/mol. The summed E-state index contributed by atoms with van der Waals surface area (Å²) in [4.78, 5) is 24.9. The molecule has 1 saturated carbocycles. The van der Waals surface area contributed by atoms with Crippen LogP contribution in [0.5, 0.6) is 0 Å². The van der Waals surface area contributed by atoms with E-state index in [2.05, 4.69) is 26.8 Å². The number of ether oxygens (including phenoxy) is 4. The second-order valence-corrected chi connectivity index (χ2v) is 9.98. The zero-order chi connectivity index (χ0) is 22.4. The molecule has 1 aliphatic carbocycles. The standard InChI is InChI=1S/C23H35NO7.Na/c1-14(2)5-7-17-22(3,31-17)20-19(28-4)16(9-10-23(20)13-29-23)30-21(27)24-11-15(12-24)6-8-18(25)26;/h5,15-17,19-20H,6-13H2,1-4H3,(H,25,26);/q;+1/p-1/t16-,17-,19-,20-,22+,23+;/m1./s1. The molecule has 4 rings (SSSR count). The summed E-state index contributed by atoms with van der Waals surface area (Å²) < 4.78 is 23.9. The molecule has 3 saturated heterocycles. The number of carboxylic acids is 1. The van der Waals surface area contributed by atoms with E-state index in [4.69, 9.17) is 18.9 Å². The van der Waals surface area contributed by atoms with Crippen molar-refractivity contribution in [1.29, 1.82) is 0 Å². The summed E-state index contributed by atoms with van der Waals surface area (Å²) in [5.41, 5.74) is 0.660. The maximum absolute atomic E-state index is 12.7. The zero-order valence-electron chi connectivity index (χ0n) is 19.9. The number of allylic oxidation sites excluding steroid dienone is 1. The predicted molar refractivity (Wildman–Crippen MR) is 109 cm³/mol. The number of epoxide rings is 2. The van der Waals surface area contributed by atoms with Crippen LogP contribution in [0.25, 0.3) is 0 Å². The molecule has 0 unspecified atom stereocenters. The number of amides is 1. The van der Waals surface area contributed by atoms with Gasteiger partial charge in [0.15, 0.2) is 0 Å². The third kappa shape index (κ3) is 5.20. The minimum Gasteiger partial charge on any atom is -0.550 e. The van der Waals surface area contributed by atoms with Gasteiger partial charge in [-0.1, -0.05) is 11.6 Å². The fraction of sp³-hybridized carbons (Fsp3) is 0.826. The molecule has 32 heavy (non-hydrogen) atoms. The molecule has 4 fully saturated rings. The summed E-state index contributed by atoms with van der Waals surface area (Å²) >= 11 is 0. The first kappa shape index (κ1) is 26.0. The Balaban J connectivity index is 0.00000289. The molecule has 3 aliphatic heterocycles. The van der Waals surface area contributed by atoms with Crippen LogP contribution in [-0.2, 0) is 23.7 Å². The normalized spacial score (nSPS) is 37.8. The average Bonchev–Trinajstić information content (AvgIpc) is 3.57. The van der Waals surface area contributed by atoms with E-state index in [1.807, 2.05) is 0 Å². The minimum atomic E-state index is -1.05. The van der Waals surface area contributed by atoms with Crippen molar-refractivity contribution in [3.05, 3.63) is 11.6 Å². The number of likely N-dealkylation sites (tertiary alicyclic amines) is 1. The van der Waals surface area contributed by atoms with Crippen molar-refractivity contribution in [2.45, 2.75) is 82.4 Å². The molecule has 0 radical (unpaired) electrons. The van der Waals surface area contributed by atoms with Crippen molar-refractivity contribution < 1.29 is 63.2 Å². The smallest absolute Gasteiger partial charge is 0.550 e. The largest absolute Gasteiger partial charge is 1.00 e. The number of hydrogen-bond donors (Lipinski definition) is 0. The van der Waals surface area contributed by atoms with Crippen molar-refractivity contribution in [3.8, 4) is 0 Å². The van der Waals surface area contributed by atoms with Gasteiger partial charge in [-0.15, -0.1) is 0 Å². The number of rotatable bonds is 8. The number of carbonyl (C=O) groups is 2. The Morgan fingerprint density at radius 3 is 2.53 bits per heavy atom. The van der Waals surface area contributed by atoms with E-state index in [1.165, 1.54) is 5.57 Å². The van der Waals surface area contributed by atoms with E-state index in [1.54, 1.807) is 12.0 Å². The van der Waals surface area contributed by atoms with E-state index < -0.39 is 5.97 Å². The van der Waals surface area contributed by atoms with Gasteiger partial charge in [0, 0.05) is 26.2 Å². The molecular formula is C23H34NNaO7. The summed E-state index contributed by atoms with van der Waals surface area (Å²) in [6.07, 6.45) is 4.22. The van der Waals surface area contributed by atoms with Gasteiger partial charge in [-0.2, -0.15) is 0 Å². The van der Waals surface area contributed by atoms with Gasteiger partial charge in [0.1, 0.15) is 23.4 Å². The Labute approximate surface area is 212 Å². The fourth-order valence-electron chi connectivity index (χ4n) is 5.50. The van der Waals surface area contributed by atoms with Crippen LogP contribution in [-0.4, -0.2) is 73.3 Å². The van der Waals surface area contributed by atoms with Gasteiger partial charge >= 0.3 is 35.7 Å². The Bertz CT molecular complexity index is 745. The molecule has 8 nitrogen and oxygen atoms in total. The van der Waals surface area contributed by atoms with Crippen molar-refractivity contribution in [2.75, 3.05) is 26.8 Å². The van der Waals surface area contributed by atoms with E-state index in [-0.39, 0.29) is 83.4 Å². The van der Waals surface area contributed by atoms with Gasteiger partial charge in [-0.25, -0.2) is 4.79 Å². The Morgan fingerprint density at radius 1 is 1.28 bits per heavy atom. The van der Waals surface area contributed by atoms with Crippen LogP contribution >= 0.6 is 0 Å². The molecule has 0 aromatic rings. The first-order valence-electron chi connectivity index (χ1n) is 11.3. The van der Waals surface area contributed by atoms with Gasteiger partial charge < -0.3 is 33.7 Å². The SMILES string of the molecule is CO[C@@H]1[C@H](OC(=O)N2CC(CCC(=O)[O-])C2)CC[C@]2(CO2)[C@H]1[C@@]1(C)O[C@@H]1CC=C(C)C.[Na+]. The molecule has 1 spiro atoms. The summed E-state index contributed by atoms with van der Waals surface area (Å²) in [5.74, 6) is -0.855. The molecule has 4 aliphatic rings. The van der Waals surface area contributed by atoms with Crippen LogP contribution in [0.15, 0.2) is 11.6 Å². The quantitative estimate of drug-likeness (QED) is 0.252. The van der Waals surface area contributed by atoms with E-state index >= 15 is 0 Å². The number of nitrogens with zero attached hydrogens (tertiary/aromatic N) is 1. The molecule has 0 bridgehead atoms. The van der Waals surface area contributed by atoms with Crippen LogP contribution in [0, 0.1) is 11.8 Å². The van der Waals surface area contributed by atoms with Crippen LogP contribution in [0.1, 0.15) is 52.9 Å². The van der Waals surface area contributed by atoms with Gasteiger partial charge in [0.2, 0.25) is 0 Å². The summed E-state index contributed by atoms with van der Waals surface area (Å²) in [6, 6.07) is 0.